The monoisotopic (exact) mass is 318 g/mol. The Hall–Kier alpha value is -2.30. The van der Waals surface area contributed by atoms with E-state index in [0.29, 0.717) is 5.69 Å². The van der Waals surface area contributed by atoms with Crippen molar-refractivity contribution < 1.29 is 13.2 Å². The molecule has 0 bridgehead atoms. The second-order valence-electron chi connectivity index (χ2n) is 6.65. The molecule has 3 aromatic rings. The van der Waals surface area contributed by atoms with Crippen molar-refractivity contribution in [1.82, 2.24) is 9.97 Å². The maximum absolute atomic E-state index is 13.2. The van der Waals surface area contributed by atoms with Crippen LogP contribution in [0, 0.1) is 0 Å². The summed E-state index contributed by atoms with van der Waals surface area (Å²) < 4.78 is 39.5. The van der Waals surface area contributed by atoms with Crippen LogP contribution in [0.4, 0.5) is 13.2 Å². The Morgan fingerprint density at radius 3 is 2.39 bits per heavy atom. The zero-order valence-electron chi connectivity index (χ0n) is 13.1. The molecule has 1 aromatic carbocycles. The molecule has 2 heterocycles. The number of alkyl halides is 3. The first kappa shape index (κ1) is 15.6. The van der Waals surface area contributed by atoms with Gasteiger partial charge in [0.05, 0.1) is 5.56 Å². The lowest BCUT2D eigenvalue weighted by Crippen LogP contribution is -2.10. The molecule has 1 N–H and O–H groups in total. The molecule has 0 fully saturated rings. The van der Waals surface area contributed by atoms with Crippen LogP contribution in [0.5, 0.6) is 0 Å². The maximum Gasteiger partial charge on any atom is 0.418 e. The fourth-order valence-electron chi connectivity index (χ4n) is 2.60. The van der Waals surface area contributed by atoms with E-state index < -0.39 is 11.7 Å². The first-order chi connectivity index (χ1) is 10.7. The van der Waals surface area contributed by atoms with Gasteiger partial charge in [0.1, 0.15) is 0 Å². The molecular formula is C18H17F3N2. The molecule has 5 heteroatoms. The third kappa shape index (κ3) is 2.96. The van der Waals surface area contributed by atoms with Crippen molar-refractivity contribution in [2.24, 2.45) is 0 Å². The predicted octanol–water partition coefficient (Wildman–Crippen LogP) is 5.55. The van der Waals surface area contributed by atoms with Crippen molar-refractivity contribution in [1.29, 1.82) is 0 Å². The highest BCUT2D eigenvalue weighted by molar-refractivity contribution is 5.87. The first-order valence-corrected chi connectivity index (χ1v) is 7.31. The van der Waals surface area contributed by atoms with Crippen LogP contribution in [0.2, 0.25) is 0 Å². The van der Waals surface area contributed by atoms with E-state index in [0.717, 1.165) is 22.7 Å². The van der Waals surface area contributed by atoms with Crippen LogP contribution in [0.1, 0.15) is 31.9 Å². The summed E-state index contributed by atoms with van der Waals surface area (Å²) in [6, 6.07) is 9.07. The Kier molecular flexibility index (Phi) is 3.47. The average molecular weight is 318 g/mol. The van der Waals surface area contributed by atoms with E-state index in [1.807, 2.05) is 18.2 Å². The minimum absolute atomic E-state index is 0.0145. The Bertz CT molecular complexity index is 855. The van der Waals surface area contributed by atoms with Gasteiger partial charge in [-0.25, -0.2) is 0 Å². The molecule has 0 amide bonds. The van der Waals surface area contributed by atoms with E-state index in [2.05, 4.69) is 30.7 Å². The second-order valence-corrected chi connectivity index (χ2v) is 6.65. The highest BCUT2D eigenvalue weighted by Crippen LogP contribution is 2.37. The number of H-pyrrole nitrogens is 1. The van der Waals surface area contributed by atoms with E-state index in [-0.39, 0.29) is 11.0 Å². The van der Waals surface area contributed by atoms with E-state index >= 15 is 0 Å². The number of hydrogen-bond acceptors (Lipinski definition) is 1. The fourth-order valence-corrected chi connectivity index (χ4v) is 2.60. The van der Waals surface area contributed by atoms with Gasteiger partial charge in [-0.05, 0) is 35.2 Å². The van der Waals surface area contributed by atoms with Gasteiger partial charge in [0.15, 0.2) is 0 Å². The van der Waals surface area contributed by atoms with Gasteiger partial charge in [0.2, 0.25) is 0 Å². The quantitative estimate of drug-likeness (QED) is 0.626. The van der Waals surface area contributed by atoms with Gasteiger partial charge < -0.3 is 4.98 Å². The molecule has 0 saturated heterocycles. The molecule has 0 atom stereocenters. The Morgan fingerprint density at radius 2 is 1.74 bits per heavy atom. The lowest BCUT2D eigenvalue weighted by atomic mass is 9.86. The number of fused-ring (bicyclic) bond motifs is 1. The molecule has 2 aromatic heterocycles. The summed E-state index contributed by atoms with van der Waals surface area (Å²) in [6.45, 7) is 6.31. The molecule has 0 aliphatic rings. The maximum atomic E-state index is 13.2. The van der Waals surface area contributed by atoms with Gasteiger partial charge in [-0.3, -0.25) is 4.98 Å². The molecule has 0 aliphatic carbocycles. The number of aromatic nitrogens is 2. The number of halogens is 3. The highest BCUT2D eigenvalue weighted by Gasteiger charge is 2.34. The summed E-state index contributed by atoms with van der Waals surface area (Å²) >= 11 is 0. The molecule has 0 aliphatic heterocycles. The summed E-state index contributed by atoms with van der Waals surface area (Å²) in [5.41, 5.74) is 1.77. The van der Waals surface area contributed by atoms with Crippen molar-refractivity contribution in [2.45, 2.75) is 32.4 Å². The first-order valence-electron chi connectivity index (χ1n) is 7.31. The average Bonchev–Trinajstić information content (AvgIpc) is 2.88. The van der Waals surface area contributed by atoms with Crippen LogP contribution in [0.3, 0.4) is 0 Å². The second kappa shape index (κ2) is 5.11. The van der Waals surface area contributed by atoms with E-state index in [4.69, 9.17) is 0 Å². The SMILES string of the molecule is CC(C)(C)c1ccc2[nH]c(-c3ccncc3C(F)(F)F)cc2c1. The van der Waals surface area contributed by atoms with E-state index in [9.17, 15) is 13.2 Å². The Labute approximate surface area is 132 Å². The summed E-state index contributed by atoms with van der Waals surface area (Å²) in [5, 5.41) is 0.900. The molecule has 0 saturated carbocycles. The van der Waals surface area contributed by atoms with Gasteiger partial charge in [-0.1, -0.05) is 26.8 Å². The van der Waals surface area contributed by atoms with Crippen LogP contribution < -0.4 is 0 Å². The molecule has 0 radical (unpaired) electrons. The molecule has 3 rings (SSSR count). The van der Waals surface area contributed by atoms with Crippen molar-refractivity contribution in [3.63, 3.8) is 0 Å². The number of pyridine rings is 1. The number of rotatable bonds is 1. The third-order valence-corrected chi connectivity index (χ3v) is 3.90. The number of hydrogen-bond donors (Lipinski definition) is 1. The summed E-state index contributed by atoms with van der Waals surface area (Å²) in [4.78, 5) is 6.68. The number of nitrogens with one attached hydrogen (secondary N) is 1. The van der Waals surface area contributed by atoms with Crippen molar-refractivity contribution in [2.75, 3.05) is 0 Å². The van der Waals surface area contributed by atoms with Crippen molar-refractivity contribution in [3.05, 3.63) is 53.9 Å². The highest BCUT2D eigenvalue weighted by atomic mass is 19.4. The standard InChI is InChI=1S/C18H17F3N2/c1-17(2,3)12-4-5-15-11(8-12)9-16(23-15)13-6-7-22-10-14(13)18(19,20)21/h4-10,23H,1-3H3. The van der Waals surface area contributed by atoms with Crippen molar-refractivity contribution in [3.8, 4) is 11.3 Å². The lowest BCUT2D eigenvalue weighted by molar-refractivity contribution is -0.137. The van der Waals surface area contributed by atoms with E-state index in [1.54, 1.807) is 6.07 Å². The van der Waals surface area contributed by atoms with Crippen molar-refractivity contribution >= 4 is 10.9 Å². The Balaban J connectivity index is 2.16. The smallest absolute Gasteiger partial charge is 0.355 e. The molecule has 2 nitrogen and oxygen atoms in total. The van der Waals surface area contributed by atoms with Crippen LogP contribution in [0.25, 0.3) is 22.2 Å². The van der Waals surface area contributed by atoms with Crippen LogP contribution in [-0.2, 0) is 11.6 Å². The zero-order valence-corrected chi connectivity index (χ0v) is 13.1. The van der Waals surface area contributed by atoms with Gasteiger partial charge in [-0.15, -0.1) is 0 Å². The normalized spacial score (nSPS) is 12.8. The van der Waals surface area contributed by atoms with Gasteiger partial charge in [0, 0.05) is 34.6 Å². The van der Waals surface area contributed by atoms with Crippen LogP contribution in [-0.4, -0.2) is 9.97 Å². The summed E-state index contributed by atoms with van der Waals surface area (Å²) in [6.07, 6.45) is -2.20. The zero-order chi connectivity index (χ0) is 16.8. The number of aromatic amines is 1. The molecule has 0 spiro atoms. The molecule has 120 valence electrons. The molecule has 23 heavy (non-hydrogen) atoms. The van der Waals surface area contributed by atoms with Gasteiger partial charge >= 0.3 is 6.18 Å². The minimum atomic E-state index is -4.43. The largest absolute Gasteiger partial charge is 0.418 e. The Morgan fingerprint density at radius 1 is 1.00 bits per heavy atom. The minimum Gasteiger partial charge on any atom is -0.355 e. The summed E-state index contributed by atoms with van der Waals surface area (Å²) in [5.74, 6) is 0. The molecule has 0 unspecified atom stereocenters. The number of nitrogens with zero attached hydrogens (tertiary/aromatic N) is 1. The predicted molar refractivity (Wildman–Crippen MR) is 85.2 cm³/mol. The van der Waals surface area contributed by atoms with Crippen LogP contribution >= 0.6 is 0 Å². The number of benzene rings is 1. The summed E-state index contributed by atoms with van der Waals surface area (Å²) in [7, 11) is 0. The van der Waals surface area contributed by atoms with E-state index in [1.165, 1.54) is 12.3 Å². The molecular weight excluding hydrogens is 301 g/mol. The third-order valence-electron chi connectivity index (χ3n) is 3.90. The van der Waals surface area contributed by atoms with Gasteiger partial charge in [0.25, 0.3) is 0 Å². The lowest BCUT2D eigenvalue weighted by Gasteiger charge is -2.18. The van der Waals surface area contributed by atoms with Gasteiger partial charge in [-0.2, -0.15) is 13.2 Å². The fraction of sp³-hybridized carbons (Fsp3) is 0.278. The van der Waals surface area contributed by atoms with Crippen LogP contribution in [0.15, 0.2) is 42.7 Å². The topological polar surface area (TPSA) is 28.7 Å².